The maximum atomic E-state index is 10.9. The van der Waals surface area contributed by atoms with E-state index in [0.29, 0.717) is 6.04 Å². The summed E-state index contributed by atoms with van der Waals surface area (Å²) in [5, 5.41) is 3.29. The zero-order valence-electron chi connectivity index (χ0n) is 6.97. The maximum Gasteiger partial charge on any atom is 0.222 e. The number of primary amides is 1. The second-order valence-electron chi connectivity index (χ2n) is 3.12. The molecule has 11 heavy (non-hydrogen) atoms. The number of rotatable bonds is 3. The zero-order chi connectivity index (χ0) is 8.27. The van der Waals surface area contributed by atoms with Crippen LogP contribution in [0.15, 0.2) is 0 Å². The quantitative estimate of drug-likeness (QED) is 0.615. The first-order valence-corrected chi connectivity index (χ1v) is 4.28. The average Bonchev–Trinajstić information content (AvgIpc) is 2.40. The van der Waals surface area contributed by atoms with Gasteiger partial charge in [-0.1, -0.05) is 6.92 Å². The summed E-state index contributed by atoms with van der Waals surface area (Å²) in [6, 6.07) is 0.345. The van der Waals surface area contributed by atoms with Crippen LogP contribution in [-0.2, 0) is 4.79 Å². The van der Waals surface area contributed by atoms with Crippen molar-refractivity contribution < 1.29 is 4.79 Å². The molecule has 0 aliphatic carbocycles. The maximum absolute atomic E-state index is 10.9. The molecule has 0 spiro atoms. The molecule has 2 atom stereocenters. The number of carbonyl (C=O) groups excluding carboxylic acids is 1. The van der Waals surface area contributed by atoms with Crippen LogP contribution in [0.25, 0.3) is 0 Å². The summed E-state index contributed by atoms with van der Waals surface area (Å²) in [6.07, 6.45) is 3.13. The Kier molecular flexibility index (Phi) is 2.88. The molecule has 3 heteroatoms. The second-order valence-corrected chi connectivity index (χ2v) is 3.12. The van der Waals surface area contributed by atoms with Crippen LogP contribution in [0.5, 0.6) is 0 Å². The summed E-state index contributed by atoms with van der Waals surface area (Å²) in [6.45, 7) is 3.05. The summed E-state index contributed by atoms with van der Waals surface area (Å²) >= 11 is 0. The summed E-state index contributed by atoms with van der Waals surface area (Å²) < 4.78 is 0. The number of carbonyl (C=O) groups is 1. The van der Waals surface area contributed by atoms with E-state index in [0.717, 1.165) is 19.4 Å². The minimum atomic E-state index is -0.160. The molecule has 1 rings (SSSR count). The third-order valence-electron chi connectivity index (χ3n) is 2.39. The van der Waals surface area contributed by atoms with Gasteiger partial charge in [-0.25, -0.2) is 0 Å². The predicted octanol–water partition coefficient (Wildman–Crippen LogP) is 0.250. The molecule has 1 aliphatic rings. The number of amides is 1. The van der Waals surface area contributed by atoms with E-state index in [4.69, 9.17) is 5.73 Å². The second kappa shape index (κ2) is 3.72. The highest BCUT2D eigenvalue weighted by Crippen LogP contribution is 2.17. The van der Waals surface area contributed by atoms with Gasteiger partial charge in [0.15, 0.2) is 0 Å². The molecular formula is C8H16N2O. The monoisotopic (exact) mass is 156 g/mol. The Hall–Kier alpha value is -0.570. The first-order valence-electron chi connectivity index (χ1n) is 4.28. The zero-order valence-corrected chi connectivity index (χ0v) is 6.97. The Labute approximate surface area is 67.3 Å². The minimum absolute atomic E-state index is 0.0394. The average molecular weight is 156 g/mol. The van der Waals surface area contributed by atoms with Crippen LogP contribution in [0.4, 0.5) is 0 Å². The number of hydrogen-bond acceptors (Lipinski definition) is 2. The lowest BCUT2D eigenvalue weighted by Crippen LogP contribution is -2.38. The molecule has 1 amide bonds. The van der Waals surface area contributed by atoms with Crippen LogP contribution >= 0.6 is 0 Å². The highest BCUT2D eigenvalue weighted by Gasteiger charge is 2.26. The van der Waals surface area contributed by atoms with E-state index < -0.39 is 0 Å². The lowest BCUT2D eigenvalue weighted by molar-refractivity contribution is -0.122. The van der Waals surface area contributed by atoms with Gasteiger partial charge in [-0.3, -0.25) is 4.79 Å². The molecule has 0 aromatic heterocycles. The third kappa shape index (κ3) is 1.93. The van der Waals surface area contributed by atoms with Gasteiger partial charge in [0.2, 0.25) is 5.91 Å². The molecule has 0 radical (unpaired) electrons. The fourth-order valence-electron chi connectivity index (χ4n) is 1.74. The van der Waals surface area contributed by atoms with Gasteiger partial charge in [-0.05, 0) is 25.8 Å². The molecule has 0 bridgehead atoms. The molecule has 0 aromatic rings. The van der Waals surface area contributed by atoms with Crippen molar-refractivity contribution in [2.45, 2.75) is 32.2 Å². The Morgan fingerprint density at radius 2 is 2.55 bits per heavy atom. The predicted molar refractivity (Wildman–Crippen MR) is 44.0 cm³/mol. The Morgan fingerprint density at radius 3 is 2.91 bits per heavy atom. The van der Waals surface area contributed by atoms with Gasteiger partial charge in [0.1, 0.15) is 0 Å². The van der Waals surface area contributed by atoms with Crippen molar-refractivity contribution >= 4 is 5.91 Å². The number of hydrogen-bond donors (Lipinski definition) is 2. The largest absolute Gasteiger partial charge is 0.369 e. The van der Waals surface area contributed by atoms with Gasteiger partial charge in [0.05, 0.1) is 5.92 Å². The molecule has 1 aliphatic heterocycles. The standard InChI is InChI=1S/C8H16N2O/c1-2-6(8(9)11)7-4-3-5-10-7/h6-7,10H,2-5H2,1H3,(H2,9,11). The van der Waals surface area contributed by atoms with Crippen molar-refractivity contribution in [2.75, 3.05) is 6.54 Å². The molecule has 0 aromatic carbocycles. The Morgan fingerprint density at radius 1 is 1.82 bits per heavy atom. The highest BCUT2D eigenvalue weighted by atomic mass is 16.1. The van der Waals surface area contributed by atoms with Crippen molar-refractivity contribution in [3.63, 3.8) is 0 Å². The molecular weight excluding hydrogens is 140 g/mol. The first-order chi connectivity index (χ1) is 5.25. The van der Waals surface area contributed by atoms with Crippen molar-refractivity contribution in [2.24, 2.45) is 11.7 Å². The van der Waals surface area contributed by atoms with E-state index in [1.54, 1.807) is 0 Å². The molecule has 3 N–H and O–H groups in total. The van der Waals surface area contributed by atoms with Crippen molar-refractivity contribution in [3.8, 4) is 0 Å². The first kappa shape index (κ1) is 8.53. The molecule has 1 heterocycles. The molecule has 1 fully saturated rings. The van der Waals surface area contributed by atoms with Crippen LogP contribution in [0, 0.1) is 5.92 Å². The fraction of sp³-hybridized carbons (Fsp3) is 0.875. The Balaban J connectivity index is 2.46. The summed E-state index contributed by atoms with van der Waals surface area (Å²) in [7, 11) is 0. The van der Waals surface area contributed by atoms with Crippen molar-refractivity contribution in [1.29, 1.82) is 0 Å². The third-order valence-corrected chi connectivity index (χ3v) is 2.39. The number of nitrogens with one attached hydrogen (secondary N) is 1. The fourth-order valence-corrected chi connectivity index (χ4v) is 1.74. The van der Waals surface area contributed by atoms with Crippen LogP contribution < -0.4 is 11.1 Å². The summed E-state index contributed by atoms with van der Waals surface area (Å²) in [4.78, 5) is 10.9. The van der Waals surface area contributed by atoms with Gasteiger partial charge in [0, 0.05) is 6.04 Å². The van der Waals surface area contributed by atoms with Crippen molar-refractivity contribution in [1.82, 2.24) is 5.32 Å². The van der Waals surface area contributed by atoms with Crippen LogP contribution in [-0.4, -0.2) is 18.5 Å². The smallest absolute Gasteiger partial charge is 0.222 e. The lowest BCUT2D eigenvalue weighted by Gasteiger charge is -2.18. The van der Waals surface area contributed by atoms with Gasteiger partial charge < -0.3 is 11.1 Å². The van der Waals surface area contributed by atoms with Gasteiger partial charge >= 0.3 is 0 Å². The minimum Gasteiger partial charge on any atom is -0.369 e. The summed E-state index contributed by atoms with van der Waals surface area (Å²) in [5.74, 6) is -0.121. The van der Waals surface area contributed by atoms with E-state index in [2.05, 4.69) is 5.32 Å². The normalized spacial score (nSPS) is 26.8. The van der Waals surface area contributed by atoms with Gasteiger partial charge in [-0.2, -0.15) is 0 Å². The Bertz CT molecular complexity index is 141. The molecule has 2 unspecified atom stereocenters. The van der Waals surface area contributed by atoms with E-state index in [9.17, 15) is 4.79 Å². The van der Waals surface area contributed by atoms with Crippen LogP contribution in [0.1, 0.15) is 26.2 Å². The topological polar surface area (TPSA) is 55.1 Å². The molecule has 0 saturated carbocycles. The van der Waals surface area contributed by atoms with E-state index in [-0.39, 0.29) is 11.8 Å². The van der Waals surface area contributed by atoms with E-state index in [1.807, 2.05) is 6.92 Å². The van der Waals surface area contributed by atoms with E-state index >= 15 is 0 Å². The lowest BCUT2D eigenvalue weighted by atomic mass is 9.95. The molecule has 3 nitrogen and oxygen atoms in total. The van der Waals surface area contributed by atoms with Gasteiger partial charge in [0.25, 0.3) is 0 Å². The highest BCUT2D eigenvalue weighted by molar-refractivity contribution is 5.77. The van der Waals surface area contributed by atoms with Crippen LogP contribution in [0.3, 0.4) is 0 Å². The molecule has 64 valence electrons. The van der Waals surface area contributed by atoms with Crippen LogP contribution in [0.2, 0.25) is 0 Å². The van der Waals surface area contributed by atoms with E-state index in [1.165, 1.54) is 6.42 Å². The van der Waals surface area contributed by atoms with Crippen molar-refractivity contribution in [3.05, 3.63) is 0 Å². The number of nitrogens with two attached hydrogens (primary N) is 1. The SMILES string of the molecule is CCC(C(N)=O)C1CCCN1. The van der Waals surface area contributed by atoms with Gasteiger partial charge in [-0.15, -0.1) is 0 Å². The summed E-state index contributed by atoms with van der Waals surface area (Å²) in [5.41, 5.74) is 5.25. The molecule has 1 saturated heterocycles.